The molecule has 0 aliphatic carbocycles. The van der Waals surface area contributed by atoms with Crippen LogP contribution < -0.4 is 5.43 Å². The summed E-state index contributed by atoms with van der Waals surface area (Å²) in [5, 5.41) is 26.9. The predicted octanol–water partition coefficient (Wildman–Crippen LogP) is 0.380. The molecule has 0 aliphatic rings. The van der Waals surface area contributed by atoms with E-state index < -0.39 is 19.2 Å². The van der Waals surface area contributed by atoms with Gasteiger partial charge >= 0.3 is 5.97 Å². The summed E-state index contributed by atoms with van der Waals surface area (Å²) >= 11 is 0. The lowest BCUT2D eigenvalue weighted by Gasteiger charge is -2.10. The van der Waals surface area contributed by atoms with Crippen LogP contribution in [0.2, 0.25) is 0 Å². The number of hydrogen-bond acceptors (Lipinski definition) is 8. The zero-order valence-corrected chi connectivity index (χ0v) is 13.0. The Hall–Kier alpha value is -2.52. The number of hydrogen-bond donors (Lipinski definition) is 3. The van der Waals surface area contributed by atoms with Crippen LogP contribution in [0.25, 0.3) is 11.0 Å². The summed E-state index contributed by atoms with van der Waals surface area (Å²) in [6.07, 6.45) is 2.97. The molecule has 3 N–H and O–H groups in total. The number of aromatic nitrogens is 3. The molecule has 2 rings (SSSR count). The molecule has 2 heterocycles. The number of carbonyl (C=O) groups excluding carboxylic acids is 1. The van der Waals surface area contributed by atoms with E-state index in [1.807, 2.05) is 6.92 Å². The standard InChI is InChI=1S/C14H19N5O4/c1-3-19-13-10(6-16-19)12(18-17-9(7-20)8-21)11(5-15-13)14(22)23-4-2/h5-6,20-21H,3-4,7-8H2,1-2H3,(H,15,18). The molecule has 2 aromatic heterocycles. The Morgan fingerprint density at radius 2 is 2.09 bits per heavy atom. The van der Waals surface area contributed by atoms with Crippen molar-refractivity contribution in [1.82, 2.24) is 14.8 Å². The molecule has 0 radical (unpaired) electrons. The van der Waals surface area contributed by atoms with Crippen LogP contribution >= 0.6 is 0 Å². The number of esters is 1. The molecule has 2 aromatic rings. The van der Waals surface area contributed by atoms with E-state index in [1.54, 1.807) is 17.8 Å². The second-order valence-corrected chi connectivity index (χ2v) is 4.57. The fourth-order valence-electron chi connectivity index (χ4n) is 2.00. The van der Waals surface area contributed by atoms with Crippen LogP contribution in [0.1, 0.15) is 24.2 Å². The van der Waals surface area contributed by atoms with Crippen molar-refractivity contribution < 1.29 is 19.7 Å². The zero-order valence-electron chi connectivity index (χ0n) is 13.0. The molecule has 23 heavy (non-hydrogen) atoms. The Kier molecular flexibility index (Phi) is 5.61. The lowest BCUT2D eigenvalue weighted by molar-refractivity contribution is 0.0527. The highest BCUT2D eigenvalue weighted by atomic mass is 16.5. The van der Waals surface area contributed by atoms with Crippen LogP contribution in [-0.4, -0.2) is 56.5 Å². The Bertz CT molecular complexity index is 719. The van der Waals surface area contributed by atoms with E-state index in [1.165, 1.54) is 6.20 Å². The number of carbonyl (C=O) groups is 1. The number of aliphatic hydroxyl groups excluding tert-OH is 2. The van der Waals surface area contributed by atoms with Crippen LogP contribution in [0.4, 0.5) is 5.69 Å². The van der Waals surface area contributed by atoms with E-state index in [9.17, 15) is 4.79 Å². The van der Waals surface area contributed by atoms with Gasteiger partial charge in [-0.3, -0.25) is 5.43 Å². The molecule has 0 bridgehead atoms. The van der Waals surface area contributed by atoms with E-state index in [0.717, 1.165) is 0 Å². The zero-order chi connectivity index (χ0) is 16.8. The number of rotatable bonds is 7. The van der Waals surface area contributed by atoms with Gasteiger partial charge in [0, 0.05) is 12.7 Å². The molecule has 0 aliphatic heterocycles. The topological polar surface area (TPSA) is 122 Å². The molecule has 0 saturated heterocycles. The third-order valence-corrected chi connectivity index (χ3v) is 3.15. The second kappa shape index (κ2) is 7.65. The summed E-state index contributed by atoms with van der Waals surface area (Å²) in [7, 11) is 0. The monoisotopic (exact) mass is 321 g/mol. The minimum Gasteiger partial charge on any atom is -0.462 e. The molecule has 0 aromatic carbocycles. The molecule has 0 atom stereocenters. The smallest absolute Gasteiger partial charge is 0.341 e. The van der Waals surface area contributed by atoms with Gasteiger partial charge in [-0.25, -0.2) is 14.5 Å². The maximum absolute atomic E-state index is 12.1. The van der Waals surface area contributed by atoms with Gasteiger partial charge in [0.2, 0.25) is 0 Å². The Morgan fingerprint density at radius 3 is 2.70 bits per heavy atom. The van der Waals surface area contributed by atoms with E-state index in [-0.39, 0.29) is 17.9 Å². The van der Waals surface area contributed by atoms with Crippen LogP contribution in [-0.2, 0) is 11.3 Å². The fraction of sp³-hybridized carbons (Fsp3) is 0.429. The highest BCUT2D eigenvalue weighted by Crippen LogP contribution is 2.26. The Morgan fingerprint density at radius 1 is 1.35 bits per heavy atom. The number of anilines is 1. The van der Waals surface area contributed by atoms with Gasteiger partial charge in [-0.15, -0.1) is 0 Å². The van der Waals surface area contributed by atoms with Crippen molar-refractivity contribution in [2.75, 3.05) is 25.2 Å². The summed E-state index contributed by atoms with van der Waals surface area (Å²) in [6, 6.07) is 0. The first-order valence-corrected chi connectivity index (χ1v) is 7.21. The first-order chi connectivity index (χ1) is 11.2. The van der Waals surface area contributed by atoms with Crippen LogP contribution in [0, 0.1) is 0 Å². The SMILES string of the molecule is CCOC(=O)c1cnc2c(cnn2CC)c1NN=C(CO)CO. The summed E-state index contributed by atoms with van der Waals surface area (Å²) < 4.78 is 6.70. The molecular formula is C14H19N5O4. The summed E-state index contributed by atoms with van der Waals surface area (Å²) in [5.41, 5.74) is 4.00. The quantitative estimate of drug-likeness (QED) is 0.383. The maximum Gasteiger partial charge on any atom is 0.341 e. The molecule has 124 valence electrons. The largest absolute Gasteiger partial charge is 0.462 e. The van der Waals surface area contributed by atoms with Gasteiger partial charge < -0.3 is 14.9 Å². The number of hydrazone groups is 1. The first-order valence-electron chi connectivity index (χ1n) is 7.21. The molecule has 0 fully saturated rings. The molecule has 0 unspecified atom stereocenters. The van der Waals surface area contributed by atoms with Crippen LogP contribution in [0.15, 0.2) is 17.5 Å². The van der Waals surface area contributed by atoms with Crippen molar-refractivity contribution in [1.29, 1.82) is 0 Å². The van der Waals surface area contributed by atoms with Gasteiger partial charge in [0.1, 0.15) is 5.56 Å². The van der Waals surface area contributed by atoms with E-state index in [2.05, 4.69) is 20.6 Å². The number of pyridine rings is 1. The number of aliphatic hydroxyl groups is 2. The molecule has 9 nitrogen and oxygen atoms in total. The minimum atomic E-state index is -0.543. The Balaban J connectivity index is 2.54. The highest BCUT2D eigenvalue weighted by Gasteiger charge is 2.19. The Labute approximate surface area is 132 Å². The molecule has 0 amide bonds. The molecule has 9 heteroatoms. The number of fused-ring (bicyclic) bond motifs is 1. The van der Waals surface area contributed by atoms with Gasteiger partial charge in [0.05, 0.1) is 42.8 Å². The van der Waals surface area contributed by atoms with Gasteiger partial charge in [0.25, 0.3) is 0 Å². The van der Waals surface area contributed by atoms with E-state index in [4.69, 9.17) is 14.9 Å². The predicted molar refractivity (Wildman–Crippen MR) is 84.4 cm³/mol. The summed E-state index contributed by atoms with van der Waals surface area (Å²) in [5.74, 6) is -0.543. The van der Waals surface area contributed by atoms with Crippen molar-refractivity contribution in [3.63, 3.8) is 0 Å². The lowest BCUT2D eigenvalue weighted by atomic mass is 10.2. The lowest BCUT2D eigenvalue weighted by Crippen LogP contribution is -2.14. The second-order valence-electron chi connectivity index (χ2n) is 4.57. The maximum atomic E-state index is 12.1. The third-order valence-electron chi connectivity index (χ3n) is 3.15. The third kappa shape index (κ3) is 3.46. The van der Waals surface area contributed by atoms with Crippen molar-refractivity contribution in [2.24, 2.45) is 5.10 Å². The van der Waals surface area contributed by atoms with Gasteiger partial charge in [-0.05, 0) is 13.8 Å². The fourth-order valence-corrected chi connectivity index (χ4v) is 2.00. The number of nitrogens with zero attached hydrogens (tertiary/aromatic N) is 4. The van der Waals surface area contributed by atoms with Crippen molar-refractivity contribution in [3.05, 3.63) is 18.0 Å². The number of nitrogens with one attached hydrogen (secondary N) is 1. The average Bonchev–Trinajstić information content (AvgIpc) is 2.99. The number of aryl methyl sites for hydroxylation is 1. The van der Waals surface area contributed by atoms with Crippen LogP contribution in [0.5, 0.6) is 0 Å². The first kappa shape index (κ1) is 16.8. The summed E-state index contributed by atoms with van der Waals surface area (Å²) in [6.45, 7) is 3.68. The van der Waals surface area contributed by atoms with Gasteiger partial charge in [0.15, 0.2) is 5.65 Å². The normalized spacial score (nSPS) is 10.6. The molecule has 0 spiro atoms. The van der Waals surface area contributed by atoms with E-state index in [0.29, 0.717) is 23.3 Å². The summed E-state index contributed by atoms with van der Waals surface area (Å²) in [4.78, 5) is 16.3. The average molecular weight is 321 g/mol. The van der Waals surface area contributed by atoms with Crippen molar-refractivity contribution >= 4 is 28.4 Å². The van der Waals surface area contributed by atoms with Gasteiger partial charge in [-0.2, -0.15) is 10.2 Å². The van der Waals surface area contributed by atoms with Crippen molar-refractivity contribution in [2.45, 2.75) is 20.4 Å². The van der Waals surface area contributed by atoms with Crippen molar-refractivity contribution in [3.8, 4) is 0 Å². The van der Waals surface area contributed by atoms with E-state index >= 15 is 0 Å². The molecular weight excluding hydrogens is 302 g/mol. The molecule has 0 saturated carbocycles. The minimum absolute atomic E-state index is 0.132. The number of ether oxygens (including phenoxy) is 1. The highest BCUT2D eigenvalue weighted by molar-refractivity contribution is 6.04. The van der Waals surface area contributed by atoms with Crippen LogP contribution in [0.3, 0.4) is 0 Å². The van der Waals surface area contributed by atoms with Gasteiger partial charge in [-0.1, -0.05) is 0 Å².